The summed E-state index contributed by atoms with van der Waals surface area (Å²) in [6.07, 6.45) is 0.963. The van der Waals surface area contributed by atoms with Crippen LogP contribution in [0.2, 0.25) is 5.02 Å². The van der Waals surface area contributed by atoms with Crippen LogP contribution in [0.5, 0.6) is 0 Å². The Bertz CT molecular complexity index is 760. The van der Waals surface area contributed by atoms with Crippen molar-refractivity contribution in [2.24, 2.45) is 0 Å². The smallest absolute Gasteiger partial charge is 0.340 e. The van der Waals surface area contributed by atoms with E-state index in [0.717, 1.165) is 12.0 Å². The van der Waals surface area contributed by atoms with Gasteiger partial charge in [-0.25, -0.2) is 4.79 Å². The summed E-state index contributed by atoms with van der Waals surface area (Å²) in [6.45, 7) is 3.58. The van der Waals surface area contributed by atoms with E-state index in [9.17, 15) is 9.59 Å². The fourth-order valence-electron chi connectivity index (χ4n) is 2.34. The fraction of sp³-hybridized carbons (Fsp3) is 0.263. The van der Waals surface area contributed by atoms with Crippen molar-refractivity contribution in [2.45, 2.75) is 26.3 Å². The van der Waals surface area contributed by atoms with E-state index in [1.807, 2.05) is 31.2 Å². The molecule has 0 spiro atoms. The van der Waals surface area contributed by atoms with E-state index in [2.05, 4.69) is 12.2 Å². The van der Waals surface area contributed by atoms with E-state index in [1.54, 1.807) is 0 Å². The summed E-state index contributed by atoms with van der Waals surface area (Å²) in [6, 6.07) is 12.3. The summed E-state index contributed by atoms with van der Waals surface area (Å²) in [5, 5.41) is 3.22. The number of halogens is 1. The third-order valence-corrected chi connectivity index (χ3v) is 4.07. The van der Waals surface area contributed by atoms with Gasteiger partial charge >= 0.3 is 5.97 Å². The number of nitrogens with one attached hydrogen (secondary N) is 1. The molecule has 0 saturated carbocycles. The van der Waals surface area contributed by atoms with Gasteiger partial charge in [0.05, 0.1) is 11.6 Å². The molecule has 2 rings (SSSR count). The van der Waals surface area contributed by atoms with Gasteiger partial charge in [-0.15, -0.1) is 0 Å². The predicted molar refractivity (Wildman–Crippen MR) is 98.5 cm³/mol. The largest absolute Gasteiger partial charge is 0.452 e. The molecule has 1 amide bonds. The quantitative estimate of drug-likeness (QED) is 0.610. The van der Waals surface area contributed by atoms with Crippen LogP contribution in [0.15, 0.2) is 42.5 Å². The highest BCUT2D eigenvalue weighted by atomic mass is 35.5. The Hall–Kier alpha value is -2.53. The van der Waals surface area contributed by atoms with Crippen molar-refractivity contribution in [1.29, 1.82) is 0 Å². The minimum atomic E-state index is -0.663. The van der Waals surface area contributed by atoms with Gasteiger partial charge in [-0.2, -0.15) is 0 Å². The second-order valence-electron chi connectivity index (χ2n) is 5.69. The highest BCUT2D eigenvalue weighted by molar-refractivity contribution is 6.31. The van der Waals surface area contributed by atoms with E-state index >= 15 is 0 Å². The summed E-state index contributed by atoms with van der Waals surface area (Å²) in [4.78, 5) is 24.0. The summed E-state index contributed by atoms with van der Waals surface area (Å²) in [5.41, 5.74) is 8.33. The number of anilines is 1. The van der Waals surface area contributed by atoms with Crippen LogP contribution >= 0.6 is 11.6 Å². The first kappa shape index (κ1) is 18.8. The molecule has 132 valence electrons. The van der Waals surface area contributed by atoms with Crippen molar-refractivity contribution in [3.63, 3.8) is 0 Å². The molecule has 5 nitrogen and oxygen atoms in total. The minimum absolute atomic E-state index is 0.181. The lowest BCUT2D eigenvalue weighted by atomic mass is 10.1. The molecule has 25 heavy (non-hydrogen) atoms. The van der Waals surface area contributed by atoms with Crippen molar-refractivity contribution >= 4 is 29.2 Å². The van der Waals surface area contributed by atoms with Gasteiger partial charge in [0.15, 0.2) is 6.61 Å². The number of carbonyl (C=O) groups excluding carboxylic acids is 2. The summed E-state index contributed by atoms with van der Waals surface area (Å²) < 4.78 is 5.01. The van der Waals surface area contributed by atoms with Gasteiger partial charge in [-0.1, -0.05) is 42.8 Å². The fourth-order valence-corrected chi connectivity index (χ4v) is 2.52. The Morgan fingerprint density at radius 1 is 1.20 bits per heavy atom. The van der Waals surface area contributed by atoms with Crippen LogP contribution in [0.1, 0.15) is 41.4 Å². The van der Waals surface area contributed by atoms with Crippen LogP contribution in [0.25, 0.3) is 0 Å². The minimum Gasteiger partial charge on any atom is -0.452 e. The first-order valence-electron chi connectivity index (χ1n) is 8.01. The maximum absolute atomic E-state index is 12.0. The number of hydrogen-bond donors (Lipinski definition) is 2. The van der Waals surface area contributed by atoms with Crippen molar-refractivity contribution in [2.75, 3.05) is 12.3 Å². The molecule has 2 aromatic rings. The number of ether oxygens (including phenoxy) is 1. The van der Waals surface area contributed by atoms with E-state index < -0.39 is 5.97 Å². The summed E-state index contributed by atoms with van der Waals surface area (Å²) >= 11 is 5.79. The maximum atomic E-state index is 12.0. The first-order chi connectivity index (χ1) is 11.9. The van der Waals surface area contributed by atoms with Crippen molar-refractivity contribution in [3.8, 4) is 0 Å². The highest BCUT2D eigenvalue weighted by Gasteiger charge is 2.15. The molecule has 1 atom stereocenters. The Morgan fingerprint density at radius 2 is 1.88 bits per heavy atom. The van der Waals surface area contributed by atoms with Crippen LogP contribution in [-0.2, 0) is 16.0 Å². The number of hydrogen-bond acceptors (Lipinski definition) is 4. The molecular formula is C19H21ClN2O3. The number of benzene rings is 2. The molecule has 2 aromatic carbocycles. The maximum Gasteiger partial charge on any atom is 0.340 e. The van der Waals surface area contributed by atoms with Gasteiger partial charge in [0, 0.05) is 10.7 Å². The molecule has 0 bridgehead atoms. The number of esters is 1. The second-order valence-corrected chi connectivity index (χ2v) is 6.13. The molecule has 0 heterocycles. The standard InChI is InChI=1S/C19H21ClN2O3/c1-3-13-4-6-14(7-5-13)12(2)22-18(23)11-25-19(24)16-9-8-15(20)10-17(16)21/h4-10,12H,3,11,21H2,1-2H3,(H,22,23)/t12-/m0/s1. The molecule has 3 N–H and O–H groups in total. The van der Waals surface area contributed by atoms with Crippen LogP contribution in [-0.4, -0.2) is 18.5 Å². The number of carbonyl (C=O) groups is 2. The third kappa shape index (κ3) is 5.22. The zero-order chi connectivity index (χ0) is 18.4. The Morgan fingerprint density at radius 3 is 2.48 bits per heavy atom. The highest BCUT2D eigenvalue weighted by Crippen LogP contribution is 2.19. The van der Waals surface area contributed by atoms with E-state index in [1.165, 1.54) is 23.8 Å². The van der Waals surface area contributed by atoms with E-state index in [0.29, 0.717) is 5.02 Å². The normalized spacial score (nSPS) is 11.6. The number of nitrogen functional groups attached to an aromatic ring is 1. The molecule has 0 radical (unpaired) electrons. The summed E-state index contributed by atoms with van der Waals surface area (Å²) in [7, 11) is 0. The molecule has 0 aliphatic carbocycles. The van der Waals surface area contributed by atoms with E-state index in [-0.39, 0.29) is 29.8 Å². The Kier molecular flexibility index (Phi) is 6.42. The zero-order valence-corrected chi connectivity index (χ0v) is 15.0. The van der Waals surface area contributed by atoms with E-state index in [4.69, 9.17) is 22.1 Å². The lowest BCUT2D eigenvalue weighted by Gasteiger charge is -2.15. The number of amides is 1. The van der Waals surface area contributed by atoms with Gasteiger partial charge in [0.1, 0.15) is 0 Å². The van der Waals surface area contributed by atoms with Crippen molar-refractivity contribution < 1.29 is 14.3 Å². The average molecular weight is 361 g/mol. The SMILES string of the molecule is CCc1ccc([C@H](C)NC(=O)COC(=O)c2ccc(Cl)cc2N)cc1. The molecule has 0 saturated heterocycles. The molecule has 6 heteroatoms. The second kappa shape index (κ2) is 8.53. The van der Waals surface area contributed by atoms with Crippen LogP contribution in [0.4, 0.5) is 5.69 Å². The molecular weight excluding hydrogens is 340 g/mol. The average Bonchev–Trinajstić information content (AvgIpc) is 2.59. The van der Waals surface area contributed by atoms with Gasteiger partial charge in [-0.05, 0) is 42.7 Å². The van der Waals surface area contributed by atoms with Crippen molar-refractivity contribution in [1.82, 2.24) is 5.32 Å². The Labute approximate surface area is 152 Å². The molecule has 0 unspecified atom stereocenters. The molecule has 0 aliphatic heterocycles. The third-order valence-electron chi connectivity index (χ3n) is 3.83. The van der Waals surface area contributed by atoms with Gasteiger partial charge in [-0.3, -0.25) is 4.79 Å². The lowest BCUT2D eigenvalue weighted by molar-refractivity contribution is -0.124. The zero-order valence-electron chi connectivity index (χ0n) is 14.2. The number of nitrogens with two attached hydrogens (primary N) is 1. The first-order valence-corrected chi connectivity index (χ1v) is 8.38. The topological polar surface area (TPSA) is 81.4 Å². The lowest BCUT2D eigenvalue weighted by Crippen LogP contribution is -2.31. The predicted octanol–water partition coefficient (Wildman–Crippen LogP) is 3.52. The molecule has 0 aliphatic rings. The monoisotopic (exact) mass is 360 g/mol. The Balaban J connectivity index is 1.87. The van der Waals surface area contributed by atoms with Crippen LogP contribution in [0.3, 0.4) is 0 Å². The van der Waals surface area contributed by atoms with Crippen LogP contribution in [0, 0.1) is 0 Å². The molecule has 0 aromatic heterocycles. The van der Waals surface area contributed by atoms with Gasteiger partial charge in [0.25, 0.3) is 5.91 Å². The number of rotatable bonds is 6. The van der Waals surface area contributed by atoms with Gasteiger partial charge < -0.3 is 15.8 Å². The van der Waals surface area contributed by atoms with Crippen LogP contribution < -0.4 is 11.1 Å². The summed E-state index contributed by atoms with van der Waals surface area (Å²) in [5.74, 6) is -1.04. The molecule has 0 fully saturated rings. The van der Waals surface area contributed by atoms with Crippen molar-refractivity contribution in [3.05, 3.63) is 64.2 Å². The van der Waals surface area contributed by atoms with Gasteiger partial charge in [0.2, 0.25) is 0 Å². The number of aryl methyl sites for hydroxylation is 1.